The van der Waals surface area contributed by atoms with Gasteiger partial charge < -0.3 is 14.8 Å². The summed E-state index contributed by atoms with van der Waals surface area (Å²) in [4.78, 5) is 12.3. The van der Waals surface area contributed by atoms with Crippen molar-refractivity contribution in [1.82, 2.24) is 10.2 Å². The van der Waals surface area contributed by atoms with E-state index in [2.05, 4.69) is 15.5 Å². The molecule has 1 amide bonds. The summed E-state index contributed by atoms with van der Waals surface area (Å²) in [5.74, 6) is -0.0853. The number of aromatic nitrogens is 2. The highest BCUT2D eigenvalue weighted by atomic mass is 19.1. The number of nitrogens with one attached hydrogen (secondary N) is 2. The lowest BCUT2D eigenvalue weighted by Crippen LogP contribution is -2.12. The van der Waals surface area contributed by atoms with Gasteiger partial charge >= 0.3 is 0 Å². The zero-order valence-electron chi connectivity index (χ0n) is 14.4. The Labute approximate surface area is 150 Å². The molecule has 134 valence electrons. The van der Waals surface area contributed by atoms with Crippen molar-refractivity contribution in [3.05, 3.63) is 60.0 Å². The molecule has 0 atom stereocenters. The fraction of sp³-hybridized carbons (Fsp3) is 0.158. The van der Waals surface area contributed by atoms with Crippen molar-refractivity contribution in [2.24, 2.45) is 0 Å². The van der Waals surface area contributed by atoms with E-state index in [1.807, 2.05) is 31.2 Å². The van der Waals surface area contributed by atoms with Crippen LogP contribution in [0.1, 0.15) is 17.4 Å². The second kappa shape index (κ2) is 7.69. The number of rotatable bonds is 6. The molecule has 0 spiro atoms. The van der Waals surface area contributed by atoms with E-state index >= 15 is 0 Å². The van der Waals surface area contributed by atoms with Crippen molar-refractivity contribution >= 4 is 11.6 Å². The van der Waals surface area contributed by atoms with Crippen LogP contribution in [0.15, 0.2) is 48.5 Å². The van der Waals surface area contributed by atoms with E-state index in [0.29, 0.717) is 18.0 Å². The molecule has 0 aliphatic heterocycles. The van der Waals surface area contributed by atoms with E-state index in [-0.39, 0.29) is 11.4 Å². The standard InChI is InChI=1S/C19H18FN3O3/c1-3-26-14-7-4-12(5-8-14)16-11-17(23-22-16)19(24)21-13-6-9-18(25-2)15(20)10-13/h4-11H,3H2,1-2H3,(H,21,24)(H,22,23). The molecule has 0 aliphatic carbocycles. The highest BCUT2D eigenvalue weighted by Crippen LogP contribution is 2.23. The number of aromatic amines is 1. The second-order valence-electron chi connectivity index (χ2n) is 5.43. The Bertz CT molecular complexity index is 907. The number of ether oxygens (including phenoxy) is 2. The van der Waals surface area contributed by atoms with Gasteiger partial charge in [-0.3, -0.25) is 9.89 Å². The Morgan fingerprint density at radius 3 is 2.62 bits per heavy atom. The summed E-state index contributed by atoms with van der Waals surface area (Å²) < 4.78 is 24.0. The molecule has 0 bridgehead atoms. The minimum absolute atomic E-state index is 0.113. The van der Waals surface area contributed by atoms with Crippen molar-refractivity contribution in [3.63, 3.8) is 0 Å². The maximum absolute atomic E-state index is 13.7. The fourth-order valence-corrected chi connectivity index (χ4v) is 2.42. The molecule has 0 aliphatic rings. The molecule has 3 aromatic rings. The number of carbonyl (C=O) groups excluding carboxylic acids is 1. The average Bonchev–Trinajstić information content (AvgIpc) is 3.13. The average molecular weight is 355 g/mol. The first-order valence-electron chi connectivity index (χ1n) is 8.04. The summed E-state index contributed by atoms with van der Waals surface area (Å²) in [7, 11) is 1.38. The number of benzene rings is 2. The normalized spacial score (nSPS) is 10.4. The van der Waals surface area contributed by atoms with Gasteiger partial charge in [-0.05, 0) is 49.4 Å². The first-order chi connectivity index (χ1) is 12.6. The van der Waals surface area contributed by atoms with Crippen LogP contribution < -0.4 is 14.8 Å². The molecule has 0 radical (unpaired) electrons. The molecule has 2 aromatic carbocycles. The third kappa shape index (κ3) is 3.83. The molecule has 0 saturated heterocycles. The predicted molar refractivity (Wildman–Crippen MR) is 96.1 cm³/mol. The van der Waals surface area contributed by atoms with Gasteiger partial charge in [0.15, 0.2) is 11.6 Å². The first-order valence-corrected chi connectivity index (χ1v) is 8.04. The molecule has 0 fully saturated rings. The first kappa shape index (κ1) is 17.5. The number of carbonyl (C=O) groups is 1. The second-order valence-corrected chi connectivity index (χ2v) is 5.43. The van der Waals surface area contributed by atoms with E-state index in [1.54, 1.807) is 12.1 Å². The molecule has 1 heterocycles. The van der Waals surface area contributed by atoms with Crippen LogP contribution in [0.4, 0.5) is 10.1 Å². The van der Waals surface area contributed by atoms with Crippen LogP contribution in [-0.2, 0) is 0 Å². The third-order valence-electron chi connectivity index (χ3n) is 3.69. The van der Waals surface area contributed by atoms with Crippen LogP contribution >= 0.6 is 0 Å². The molecule has 6 nitrogen and oxygen atoms in total. The number of nitrogens with zero attached hydrogens (tertiary/aromatic N) is 1. The van der Waals surface area contributed by atoms with E-state index in [0.717, 1.165) is 11.3 Å². The van der Waals surface area contributed by atoms with Crippen LogP contribution in [-0.4, -0.2) is 29.8 Å². The number of amides is 1. The van der Waals surface area contributed by atoms with Crippen molar-refractivity contribution in [2.45, 2.75) is 6.92 Å². The Morgan fingerprint density at radius 1 is 1.19 bits per heavy atom. The lowest BCUT2D eigenvalue weighted by Gasteiger charge is -2.06. The van der Waals surface area contributed by atoms with Crippen molar-refractivity contribution < 1.29 is 18.7 Å². The Morgan fingerprint density at radius 2 is 1.96 bits per heavy atom. The summed E-state index contributed by atoms with van der Waals surface area (Å²) in [5, 5.41) is 9.45. The Balaban J connectivity index is 1.72. The summed E-state index contributed by atoms with van der Waals surface area (Å²) in [6.45, 7) is 2.51. The Kier molecular flexibility index (Phi) is 5.17. The maximum Gasteiger partial charge on any atom is 0.273 e. The number of H-pyrrole nitrogens is 1. The summed E-state index contributed by atoms with van der Waals surface area (Å²) in [6.07, 6.45) is 0. The SMILES string of the molecule is CCOc1ccc(-c2cc(C(=O)Nc3ccc(OC)c(F)c3)[nH]n2)cc1. The summed E-state index contributed by atoms with van der Waals surface area (Å²) in [5.41, 5.74) is 2.06. The topological polar surface area (TPSA) is 76.2 Å². The largest absolute Gasteiger partial charge is 0.494 e. The number of hydrogen-bond donors (Lipinski definition) is 2. The van der Waals surface area contributed by atoms with Gasteiger partial charge in [0, 0.05) is 17.3 Å². The van der Waals surface area contributed by atoms with E-state index in [9.17, 15) is 9.18 Å². The lowest BCUT2D eigenvalue weighted by molar-refractivity contribution is 0.102. The van der Waals surface area contributed by atoms with E-state index in [4.69, 9.17) is 9.47 Å². The molecule has 0 saturated carbocycles. The quantitative estimate of drug-likeness (QED) is 0.704. The molecule has 2 N–H and O–H groups in total. The highest BCUT2D eigenvalue weighted by Gasteiger charge is 2.13. The number of halogens is 1. The number of anilines is 1. The summed E-state index contributed by atoms with van der Waals surface area (Å²) >= 11 is 0. The minimum atomic E-state index is -0.551. The van der Waals surface area contributed by atoms with Crippen molar-refractivity contribution in [3.8, 4) is 22.8 Å². The minimum Gasteiger partial charge on any atom is -0.494 e. The number of hydrogen-bond acceptors (Lipinski definition) is 4. The van der Waals surface area contributed by atoms with Gasteiger partial charge in [-0.25, -0.2) is 4.39 Å². The van der Waals surface area contributed by atoms with Crippen molar-refractivity contribution in [1.29, 1.82) is 0 Å². The predicted octanol–water partition coefficient (Wildman–Crippen LogP) is 3.88. The lowest BCUT2D eigenvalue weighted by atomic mass is 10.1. The fourth-order valence-electron chi connectivity index (χ4n) is 2.42. The highest BCUT2D eigenvalue weighted by molar-refractivity contribution is 6.03. The Hall–Kier alpha value is -3.35. The monoisotopic (exact) mass is 355 g/mol. The van der Waals surface area contributed by atoms with Gasteiger partial charge in [-0.2, -0.15) is 5.10 Å². The molecule has 1 aromatic heterocycles. The van der Waals surface area contributed by atoms with Gasteiger partial charge in [0.05, 0.1) is 19.4 Å². The zero-order valence-corrected chi connectivity index (χ0v) is 14.4. The van der Waals surface area contributed by atoms with E-state index in [1.165, 1.54) is 19.2 Å². The number of methoxy groups -OCH3 is 1. The molecule has 0 unspecified atom stereocenters. The van der Waals surface area contributed by atoms with Gasteiger partial charge in [0.1, 0.15) is 11.4 Å². The van der Waals surface area contributed by atoms with Gasteiger partial charge in [0.25, 0.3) is 5.91 Å². The van der Waals surface area contributed by atoms with Gasteiger partial charge in [-0.1, -0.05) is 0 Å². The molecule has 26 heavy (non-hydrogen) atoms. The zero-order chi connectivity index (χ0) is 18.5. The van der Waals surface area contributed by atoms with Crippen LogP contribution in [0.5, 0.6) is 11.5 Å². The van der Waals surface area contributed by atoms with Crippen LogP contribution in [0, 0.1) is 5.82 Å². The van der Waals surface area contributed by atoms with Gasteiger partial charge in [-0.15, -0.1) is 0 Å². The maximum atomic E-state index is 13.7. The van der Waals surface area contributed by atoms with Crippen LogP contribution in [0.3, 0.4) is 0 Å². The molecular formula is C19H18FN3O3. The third-order valence-corrected chi connectivity index (χ3v) is 3.69. The molecule has 7 heteroatoms. The van der Waals surface area contributed by atoms with Gasteiger partial charge in [0.2, 0.25) is 0 Å². The molecular weight excluding hydrogens is 337 g/mol. The smallest absolute Gasteiger partial charge is 0.273 e. The van der Waals surface area contributed by atoms with Crippen molar-refractivity contribution in [2.75, 3.05) is 19.0 Å². The van der Waals surface area contributed by atoms with E-state index < -0.39 is 11.7 Å². The molecule has 3 rings (SSSR count). The van der Waals surface area contributed by atoms with Crippen LogP contribution in [0.2, 0.25) is 0 Å². The van der Waals surface area contributed by atoms with Crippen LogP contribution in [0.25, 0.3) is 11.3 Å². The summed E-state index contributed by atoms with van der Waals surface area (Å²) in [6, 6.07) is 13.2.